The average molecular weight is 396 g/mol. The second-order valence-corrected chi connectivity index (χ2v) is 8.08. The molecule has 1 aromatic rings. The lowest BCUT2D eigenvalue weighted by atomic mass is 9.85. The predicted octanol–water partition coefficient (Wildman–Crippen LogP) is 1.49. The minimum Gasteiger partial charge on any atom is -0.383 e. The third-order valence-electron chi connectivity index (χ3n) is 4.57. The van der Waals surface area contributed by atoms with Crippen molar-refractivity contribution in [3.63, 3.8) is 0 Å². The molecule has 0 radical (unpaired) electrons. The highest BCUT2D eigenvalue weighted by atomic mass is 19.1. The normalized spacial score (nSPS) is 21.6. The molecule has 0 spiro atoms. The number of ether oxygens (including phenoxy) is 2. The van der Waals surface area contributed by atoms with Gasteiger partial charge in [0.15, 0.2) is 5.79 Å². The Morgan fingerprint density at radius 3 is 2.61 bits per heavy atom. The summed E-state index contributed by atoms with van der Waals surface area (Å²) in [6.45, 7) is 7.69. The Kier molecular flexibility index (Phi) is 7.14. The Bertz CT molecular complexity index is 708. The molecule has 0 bridgehead atoms. The smallest absolute Gasteiger partial charge is 0.249 e. The van der Waals surface area contributed by atoms with E-state index in [2.05, 4.69) is 10.6 Å². The summed E-state index contributed by atoms with van der Waals surface area (Å²) >= 11 is 0. The van der Waals surface area contributed by atoms with Crippen LogP contribution in [0.25, 0.3) is 0 Å². The molecule has 0 aliphatic carbocycles. The van der Waals surface area contributed by atoms with Crippen molar-refractivity contribution >= 4 is 11.8 Å². The van der Waals surface area contributed by atoms with E-state index in [1.807, 2.05) is 13.8 Å². The summed E-state index contributed by atoms with van der Waals surface area (Å²) < 4.78 is 24.9. The second kappa shape index (κ2) is 8.98. The molecule has 1 saturated heterocycles. The van der Waals surface area contributed by atoms with Crippen LogP contribution in [0.5, 0.6) is 0 Å². The lowest BCUT2D eigenvalue weighted by Crippen LogP contribution is -2.56. The van der Waals surface area contributed by atoms with Crippen molar-refractivity contribution in [3.8, 4) is 0 Å². The van der Waals surface area contributed by atoms with Gasteiger partial charge in [-0.05, 0) is 26.3 Å². The highest BCUT2D eigenvalue weighted by Crippen LogP contribution is 2.34. The quantitative estimate of drug-likeness (QED) is 0.649. The van der Waals surface area contributed by atoms with Gasteiger partial charge in [0, 0.05) is 24.1 Å². The lowest BCUT2D eigenvalue weighted by molar-refractivity contribution is -0.304. The van der Waals surface area contributed by atoms with Crippen molar-refractivity contribution in [2.24, 2.45) is 5.41 Å². The average Bonchev–Trinajstić information content (AvgIpc) is 2.62. The van der Waals surface area contributed by atoms with Gasteiger partial charge >= 0.3 is 0 Å². The van der Waals surface area contributed by atoms with Crippen LogP contribution in [0, 0.1) is 11.2 Å². The zero-order chi connectivity index (χ0) is 20.9. The van der Waals surface area contributed by atoms with E-state index in [-0.39, 0.29) is 25.4 Å². The van der Waals surface area contributed by atoms with Crippen LogP contribution >= 0.6 is 0 Å². The van der Waals surface area contributed by atoms with Gasteiger partial charge in [0.05, 0.1) is 6.61 Å². The number of halogens is 1. The van der Waals surface area contributed by atoms with Crippen molar-refractivity contribution in [1.29, 1.82) is 0 Å². The molecule has 8 heteroatoms. The Hall–Kier alpha value is -2.03. The first-order valence-electron chi connectivity index (χ1n) is 9.30. The number of hydrogen-bond acceptors (Lipinski definition) is 5. The van der Waals surface area contributed by atoms with Crippen LogP contribution in [0.4, 0.5) is 4.39 Å². The standard InChI is InChI=1S/C20H29FN2O5/c1-19(2)12-27-20(3,4)28-16(19)18(26)22-10-9-15(24)17(25)23-11-13-7-5-6-8-14(13)21/h5-8,15-16,24H,9-12H2,1-4H3,(H,22,26)(H,23,25)/t15?,16-/m0/s1. The Balaban J connectivity index is 1.77. The van der Waals surface area contributed by atoms with E-state index >= 15 is 0 Å². The molecule has 3 N–H and O–H groups in total. The molecular weight excluding hydrogens is 367 g/mol. The van der Waals surface area contributed by atoms with Gasteiger partial charge in [-0.15, -0.1) is 0 Å². The third-order valence-corrected chi connectivity index (χ3v) is 4.57. The molecule has 1 unspecified atom stereocenters. The van der Waals surface area contributed by atoms with Gasteiger partial charge in [-0.1, -0.05) is 32.0 Å². The van der Waals surface area contributed by atoms with Gasteiger partial charge < -0.3 is 25.2 Å². The summed E-state index contributed by atoms with van der Waals surface area (Å²) in [5, 5.41) is 15.1. The Labute approximate surface area is 164 Å². The molecule has 0 saturated carbocycles. The molecule has 1 heterocycles. The number of aliphatic hydroxyl groups is 1. The van der Waals surface area contributed by atoms with Gasteiger partial charge in [0.2, 0.25) is 11.8 Å². The summed E-state index contributed by atoms with van der Waals surface area (Å²) in [6, 6.07) is 6.08. The number of nitrogens with one attached hydrogen (secondary N) is 2. The maximum Gasteiger partial charge on any atom is 0.249 e. The first-order valence-corrected chi connectivity index (χ1v) is 9.30. The van der Waals surface area contributed by atoms with Gasteiger partial charge in [-0.3, -0.25) is 9.59 Å². The van der Waals surface area contributed by atoms with E-state index in [1.54, 1.807) is 32.0 Å². The fraction of sp³-hybridized carbons (Fsp3) is 0.600. The fourth-order valence-corrected chi connectivity index (χ4v) is 2.82. The lowest BCUT2D eigenvalue weighted by Gasteiger charge is -2.44. The first-order chi connectivity index (χ1) is 13.0. The van der Waals surface area contributed by atoms with Crippen LogP contribution in [0.2, 0.25) is 0 Å². The molecule has 2 rings (SSSR count). The largest absolute Gasteiger partial charge is 0.383 e. The topological polar surface area (TPSA) is 96.9 Å². The number of rotatable bonds is 7. The molecular formula is C20H29FN2O5. The molecule has 1 aromatic carbocycles. The van der Waals surface area contributed by atoms with E-state index in [4.69, 9.17) is 9.47 Å². The van der Waals surface area contributed by atoms with Crippen molar-refractivity contribution in [2.45, 2.75) is 58.7 Å². The summed E-state index contributed by atoms with van der Waals surface area (Å²) in [6.07, 6.45) is -1.99. The van der Waals surface area contributed by atoms with E-state index in [1.165, 1.54) is 6.07 Å². The van der Waals surface area contributed by atoms with Crippen LogP contribution in [-0.4, -0.2) is 48.1 Å². The van der Waals surface area contributed by atoms with E-state index in [0.29, 0.717) is 12.2 Å². The number of amides is 2. The summed E-state index contributed by atoms with van der Waals surface area (Å²) in [5.41, 5.74) is -0.173. The Morgan fingerprint density at radius 2 is 1.93 bits per heavy atom. The number of hydrogen-bond donors (Lipinski definition) is 3. The Morgan fingerprint density at radius 1 is 1.25 bits per heavy atom. The minimum atomic E-state index is -1.31. The second-order valence-electron chi connectivity index (χ2n) is 8.08. The van der Waals surface area contributed by atoms with E-state index in [0.717, 1.165) is 0 Å². The van der Waals surface area contributed by atoms with Crippen LogP contribution in [0.1, 0.15) is 39.7 Å². The van der Waals surface area contributed by atoms with E-state index in [9.17, 15) is 19.1 Å². The van der Waals surface area contributed by atoms with Gasteiger partial charge in [0.25, 0.3) is 0 Å². The van der Waals surface area contributed by atoms with Gasteiger partial charge in [-0.2, -0.15) is 0 Å². The van der Waals surface area contributed by atoms with Crippen LogP contribution in [0.3, 0.4) is 0 Å². The fourth-order valence-electron chi connectivity index (χ4n) is 2.82. The van der Waals surface area contributed by atoms with Crippen LogP contribution in [-0.2, 0) is 25.6 Å². The third kappa shape index (κ3) is 5.98. The minimum absolute atomic E-state index is 0.0197. The molecule has 7 nitrogen and oxygen atoms in total. The predicted molar refractivity (Wildman–Crippen MR) is 101 cm³/mol. The molecule has 0 aromatic heterocycles. The number of carbonyl (C=O) groups is 2. The highest BCUT2D eigenvalue weighted by Gasteiger charge is 2.45. The summed E-state index contributed by atoms with van der Waals surface area (Å²) in [5.74, 6) is -2.22. The van der Waals surface area contributed by atoms with Gasteiger partial charge in [0.1, 0.15) is 18.0 Å². The molecule has 1 aliphatic rings. The summed E-state index contributed by atoms with van der Waals surface area (Å²) in [7, 11) is 0. The first kappa shape index (κ1) is 22.3. The summed E-state index contributed by atoms with van der Waals surface area (Å²) in [4.78, 5) is 24.4. The van der Waals surface area contributed by atoms with Gasteiger partial charge in [-0.25, -0.2) is 4.39 Å². The zero-order valence-corrected chi connectivity index (χ0v) is 16.8. The van der Waals surface area contributed by atoms with E-state index < -0.39 is 35.1 Å². The van der Waals surface area contributed by atoms with Crippen LogP contribution in [0.15, 0.2) is 24.3 Å². The molecule has 156 valence electrons. The zero-order valence-electron chi connectivity index (χ0n) is 16.8. The SMILES string of the molecule is CC1(C)OCC(C)(C)[C@H](C(=O)NCCC(O)C(=O)NCc2ccccc2F)O1. The van der Waals surface area contributed by atoms with Crippen molar-refractivity contribution < 1.29 is 28.6 Å². The maximum absolute atomic E-state index is 13.5. The molecule has 2 atom stereocenters. The van der Waals surface area contributed by atoms with Crippen LogP contribution < -0.4 is 10.6 Å². The van der Waals surface area contributed by atoms with Crippen molar-refractivity contribution in [1.82, 2.24) is 10.6 Å². The molecule has 1 aliphatic heterocycles. The highest BCUT2D eigenvalue weighted by molar-refractivity contribution is 5.82. The number of benzene rings is 1. The number of carbonyl (C=O) groups excluding carboxylic acids is 2. The number of aliphatic hydroxyl groups excluding tert-OH is 1. The molecule has 1 fully saturated rings. The maximum atomic E-state index is 13.5. The van der Waals surface area contributed by atoms with Crippen molar-refractivity contribution in [3.05, 3.63) is 35.6 Å². The molecule has 28 heavy (non-hydrogen) atoms. The monoisotopic (exact) mass is 396 g/mol. The molecule has 2 amide bonds. The van der Waals surface area contributed by atoms with Crippen molar-refractivity contribution in [2.75, 3.05) is 13.2 Å².